The zero-order chi connectivity index (χ0) is 22.9. The molecule has 1 saturated heterocycles. The first-order chi connectivity index (χ1) is 16.0. The van der Waals surface area contributed by atoms with E-state index in [0.29, 0.717) is 13.1 Å². The van der Waals surface area contributed by atoms with Gasteiger partial charge in [-0.05, 0) is 55.7 Å². The molecule has 4 nitrogen and oxygen atoms in total. The molecular formula is C29H29N3O. The summed E-state index contributed by atoms with van der Waals surface area (Å²) in [6.07, 6.45) is 0. The second-order valence-corrected chi connectivity index (χ2v) is 8.89. The molecule has 1 fully saturated rings. The SMILES string of the molecule is Cc1ccccc1-c1cc(C(=O)N2CCN(c3cccc(C)c3C)CC2)c2ccccc2n1. The molecule has 33 heavy (non-hydrogen) atoms. The molecule has 4 aromatic rings. The van der Waals surface area contributed by atoms with E-state index in [1.165, 1.54) is 16.8 Å². The van der Waals surface area contributed by atoms with Crippen molar-refractivity contribution in [3.8, 4) is 11.3 Å². The summed E-state index contributed by atoms with van der Waals surface area (Å²) in [6.45, 7) is 9.51. The van der Waals surface area contributed by atoms with E-state index in [-0.39, 0.29) is 5.91 Å². The van der Waals surface area contributed by atoms with Gasteiger partial charge >= 0.3 is 0 Å². The van der Waals surface area contributed by atoms with Crippen molar-refractivity contribution in [1.82, 2.24) is 9.88 Å². The van der Waals surface area contributed by atoms with Gasteiger partial charge < -0.3 is 9.80 Å². The Hall–Kier alpha value is -3.66. The molecule has 0 aliphatic carbocycles. The zero-order valence-corrected chi connectivity index (χ0v) is 19.5. The second-order valence-electron chi connectivity index (χ2n) is 8.89. The highest BCUT2D eigenvalue weighted by atomic mass is 16.2. The van der Waals surface area contributed by atoms with E-state index in [1.807, 2.05) is 47.4 Å². The summed E-state index contributed by atoms with van der Waals surface area (Å²) < 4.78 is 0. The number of piperazine rings is 1. The van der Waals surface area contributed by atoms with Crippen LogP contribution in [0.1, 0.15) is 27.0 Å². The first kappa shape index (κ1) is 21.2. The standard InChI is InChI=1S/C29H29N3O/c1-20-10-8-14-28(22(20)3)31-15-17-32(18-16-31)29(33)25-19-27(23-11-5-4-9-21(23)2)30-26-13-7-6-12-24(25)26/h4-14,19H,15-18H2,1-3H3. The van der Waals surface area contributed by atoms with Gasteiger partial charge in [-0.25, -0.2) is 4.98 Å². The van der Waals surface area contributed by atoms with Crippen LogP contribution in [-0.4, -0.2) is 42.0 Å². The Balaban J connectivity index is 1.45. The summed E-state index contributed by atoms with van der Waals surface area (Å²) in [5, 5.41) is 0.914. The molecule has 1 aliphatic rings. The third-order valence-corrected chi connectivity index (χ3v) is 6.85. The average molecular weight is 436 g/mol. The quantitative estimate of drug-likeness (QED) is 0.409. The number of benzene rings is 3. The van der Waals surface area contributed by atoms with Crippen molar-refractivity contribution < 1.29 is 4.79 Å². The van der Waals surface area contributed by atoms with Crippen molar-refractivity contribution in [2.24, 2.45) is 0 Å². The lowest BCUT2D eigenvalue weighted by molar-refractivity contribution is 0.0748. The first-order valence-electron chi connectivity index (χ1n) is 11.6. The van der Waals surface area contributed by atoms with Crippen LogP contribution in [0.15, 0.2) is 72.8 Å². The molecule has 2 heterocycles. The number of rotatable bonds is 3. The van der Waals surface area contributed by atoms with E-state index < -0.39 is 0 Å². The summed E-state index contributed by atoms with van der Waals surface area (Å²) in [5.41, 5.74) is 8.56. The van der Waals surface area contributed by atoms with Crippen LogP contribution in [0, 0.1) is 20.8 Å². The molecular weight excluding hydrogens is 406 g/mol. The van der Waals surface area contributed by atoms with Crippen LogP contribution in [0.5, 0.6) is 0 Å². The number of pyridine rings is 1. The number of fused-ring (bicyclic) bond motifs is 1. The van der Waals surface area contributed by atoms with E-state index in [2.05, 4.69) is 56.0 Å². The molecule has 0 saturated carbocycles. The lowest BCUT2D eigenvalue weighted by Crippen LogP contribution is -2.49. The van der Waals surface area contributed by atoms with Gasteiger partial charge in [0.15, 0.2) is 0 Å². The maximum Gasteiger partial charge on any atom is 0.254 e. The summed E-state index contributed by atoms with van der Waals surface area (Å²) in [7, 11) is 0. The normalized spacial score (nSPS) is 14.0. The predicted molar refractivity (Wildman–Crippen MR) is 136 cm³/mol. The highest BCUT2D eigenvalue weighted by molar-refractivity contribution is 6.07. The molecule has 5 rings (SSSR count). The molecule has 4 heteroatoms. The summed E-state index contributed by atoms with van der Waals surface area (Å²) in [6, 6.07) is 24.6. The van der Waals surface area contributed by atoms with Crippen molar-refractivity contribution in [2.75, 3.05) is 31.1 Å². The van der Waals surface area contributed by atoms with E-state index in [9.17, 15) is 4.79 Å². The van der Waals surface area contributed by atoms with Crippen LogP contribution in [0.25, 0.3) is 22.2 Å². The molecule has 166 valence electrons. The van der Waals surface area contributed by atoms with Crippen LogP contribution in [-0.2, 0) is 0 Å². The predicted octanol–water partition coefficient (Wildman–Crippen LogP) is 5.79. The Labute approximate surface area is 195 Å². The number of aryl methyl sites for hydroxylation is 2. The van der Waals surface area contributed by atoms with E-state index in [4.69, 9.17) is 4.98 Å². The van der Waals surface area contributed by atoms with Gasteiger partial charge in [0.1, 0.15) is 0 Å². The van der Waals surface area contributed by atoms with Crippen molar-refractivity contribution in [1.29, 1.82) is 0 Å². The van der Waals surface area contributed by atoms with E-state index in [0.717, 1.165) is 46.4 Å². The third-order valence-electron chi connectivity index (χ3n) is 6.85. The maximum atomic E-state index is 13.7. The Bertz CT molecular complexity index is 1340. The van der Waals surface area contributed by atoms with Crippen LogP contribution in [0.3, 0.4) is 0 Å². The Morgan fingerprint density at radius 3 is 2.27 bits per heavy atom. The summed E-state index contributed by atoms with van der Waals surface area (Å²) in [5.74, 6) is 0.0871. The first-order valence-corrected chi connectivity index (χ1v) is 11.6. The van der Waals surface area contributed by atoms with Crippen molar-refractivity contribution in [3.05, 3.63) is 95.1 Å². The summed E-state index contributed by atoms with van der Waals surface area (Å²) in [4.78, 5) is 23.0. The molecule has 1 aliphatic heterocycles. The minimum atomic E-state index is 0.0871. The van der Waals surface area contributed by atoms with Crippen LogP contribution >= 0.6 is 0 Å². The molecule has 0 atom stereocenters. The third kappa shape index (κ3) is 3.97. The van der Waals surface area contributed by atoms with Crippen molar-refractivity contribution in [3.63, 3.8) is 0 Å². The number of carbonyl (C=O) groups is 1. The van der Waals surface area contributed by atoms with Gasteiger partial charge in [0, 0.05) is 42.8 Å². The fourth-order valence-electron chi connectivity index (χ4n) is 4.75. The highest BCUT2D eigenvalue weighted by Gasteiger charge is 2.25. The molecule has 0 radical (unpaired) electrons. The average Bonchev–Trinajstić information content (AvgIpc) is 2.85. The van der Waals surface area contributed by atoms with Gasteiger partial charge in [-0.15, -0.1) is 0 Å². The minimum Gasteiger partial charge on any atom is -0.368 e. The van der Waals surface area contributed by atoms with Gasteiger partial charge in [0.05, 0.1) is 16.8 Å². The van der Waals surface area contributed by atoms with Crippen molar-refractivity contribution in [2.45, 2.75) is 20.8 Å². The fraction of sp³-hybridized carbons (Fsp3) is 0.241. The van der Waals surface area contributed by atoms with E-state index in [1.54, 1.807) is 0 Å². The van der Waals surface area contributed by atoms with Gasteiger partial charge in [-0.2, -0.15) is 0 Å². The molecule has 0 bridgehead atoms. The second kappa shape index (κ2) is 8.70. The van der Waals surface area contributed by atoms with Crippen LogP contribution in [0.4, 0.5) is 5.69 Å². The molecule has 0 unspecified atom stereocenters. The van der Waals surface area contributed by atoms with E-state index >= 15 is 0 Å². The number of anilines is 1. The highest BCUT2D eigenvalue weighted by Crippen LogP contribution is 2.29. The number of carbonyl (C=O) groups excluding carboxylic acids is 1. The molecule has 0 spiro atoms. The smallest absolute Gasteiger partial charge is 0.254 e. The lowest BCUT2D eigenvalue weighted by Gasteiger charge is -2.37. The van der Waals surface area contributed by atoms with Gasteiger partial charge in [-0.3, -0.25) is 4.79 Å². The summed E-state index contributed by atoms with van der Waals surface area (Å²) >= 11 is 0. The van der Waals surface area contributed by atoms with Crippen LogP contribution < -0.4 is 4.90 Å². The Morgan fingerprint density at radius 1 is 0.788 bits per heavy atom. The van der Waals surface area contributed by atoms with Gasteiger partial charge in [0.25, 0.3) is 5.91 Å². The molecule has 0 N–H and O–H groups in total. The zero-order valence-electron chi connectivity index (χ0n) is 19.5. The maximum absolute atomic E-state index is 13.7. The Kier molecular flexibility index (Phi) is 5.59. The number of nitrogens with zero attached hydrogens (tertiary/aromatic N) is 3. The van der Waals surface area contributed by atoms with Gasteiger partial charge in [0.2, 0.25) is 0 Å². The number of para-hydroxylation sites is 1. The van der Waals surface area contributed by atoms with Crippen molar-refractivity contribution >= 4 is 22.5 Å². The number of hydrogen-bond acceptors (Lipinski definition) is 3. The fourth-order valence-corrected chi connectivity index (χ4v) is 4.75. The number of hydrogen-bond donors (Lipinski definition) is 0. The van der Waals surface area contributed by atoms with Gasteiger partial charge in [-0.1, -0.05) is 54.6 Å². The monoisotopic (exact) mass is 435 g/mol. The molecule has 1 aromatic heterocycles. The minimum absolute atomic E-state index is 0.0871. The lowest BCUT2D eigenvalue weighted by atomic mass is 10.00. The number of aromatic nitrogens is 1. The Morgan fingerprint density at radius 2 is 1.48 bits per heavy atom. The number of amides is 1. The molecule has 3 aromatic carbocycles. The largest absolute Gasteiger partial charge is 0.368 e. The molecule has 1 amide bonds. The topological polar surface area (TPSA) is 36.4 Å². The van der Waals surface area contributed by atoms with Crippen LogP contribution in [0.2, 0.25) is 0 Å².